The number of nitrogens with one attached hydrogen (secondary N) is 1. The SMILES string of the molecule is C1=C2Oc3ccccc3N=C2N(c2ccccc2)N1. The second-order valence-corrected chi connectivity index (χ2v) is 4.31. The molecule has 0 aliphatic carbocycles. The van der Waals surface area contributed by atoms with Crippen molar-refractivity contribution in [2.24, 2.45) is 4.99 Å². The summed E-state index contributed by atoms with van der Waals surface area (Å²) in [5, 5.41) is 1.91. The number of fused-ring (bicyclic) bond motifs is 2. The van der Waals surface area contributed by atoms with Gasteiger partial charge in [-0.1, -0.05) is 30.3 Å². The van der Waals surface area contributed by atoms with E-state index in [0.717, 1.165) is 28.7 Å². The van der Waals surface area contributed by atoms with Crippen molar-refractivity contribution in [3.8, 4) is 5.75 Å². The van der Waals surface area contributed by atoms with Gasteiger partial charge in [-0.2, -0.15) is 0 Å². The molecule has 4 nitrogen and oxygen atoms in total. The molecule has 0 saturated heterocycles. The highest BCUT2D eigenvalue weighted by Gasteiger charge is 2.29. The van der Waals surface area contributed by atoms with E-state index in [4.69, 9.17) is 4.74 Å². The fourth-order valence-electron chi connectivity index (χ4n) is 2.18. The van der Waals surface area contributed by atoms with Gasteiger partial charge in [0.05, 0.1) is 11.9 Å². The number of benzene rings is 2. The Morgan fingerprint density at radius 2 is 1.74 bits per heavy atom. The maximum Gasteiger partial charge on any atom is 0.197 e. The van der Waals surface area contributed by atoms with Crippen LogP contribution in [0.2, 0.25) is 0 Å². The number of hydrogen-bond acceptors (Lipinski definition) is 4. The summed E-state index contributed by atoms with van der Waals surface area (Å²) in [7, 11) is 0. The largest absolute Gasteiger partial charge is 0.450 e. The average Bonchev–Trinajstić information content (AvgIpc) is 2.88. The molecule has 0 unspecified atom stereocenters. The molecule has 1 N–H and O–H groups in total. The fourth-order valence-corrected chi connectivity index (χ4v) is 2.18. The quantitative estimate of drug-likeness (QED) is 0.844. The monoisotopic (exact) mass is 249 g/mol. The van der Waals surface area contributed by atoms with E-state index < -0.39 is 0 Å². The van der Waals surface area contributed by atoms with E-state index in [0.29, 0.717) is 0 Å². The van der Waals surface area contributed by atoms with Crippen molar-refractivity contribution in [3.63, 3.8) is 0 Å². The molecule has 2 heterocycles. The number of ether oxygens (including phenoxy) is 1. The molecule has 4 heteroatoms. The summed E-state index contributed by atoms with van der Waals surface area (Å²) < 4.78 is 5.83. The van der Waals surface area contributed by atoms with Crippen molar-refractivity contribution in [2.75, 3.05) is 5.01 Å². The van der Waals surface area contributed by atoms with Crippen molar-refractivity contribution < 1.29 is 4.74 Å². The minimum absolute atomic E-state index is 0.738. The van der Waals surface area contributed by atoms with Crippen LogP contribution in [0.1, 0.15) is 0 Å². The molecule has 0 spiro atoms. The third kappa shape index (κ3) is 1.57. The van der Waals surface area contributed by atoms with Gasteiger partial charge in [0.1, 0.15) is 5.69 Å². The highest BCUT2D eigenvalue weighted by atomic mass is 16.5. The number of hydrazine groups is 1. The Bertz CT molecular complexity index is 692. The number of rotatable bonds is 1. The Kier molecular flexibility index (Phi) is 2.08. The molecule has 4 rings (SSSR count). The summed E-state index contributed by atoms with van der Waals surface area (Å²) in [6.07, 6.45) is 1.82. The standard InChI is InChI=1S/C15H11N3O/c1-2-6-11(7-3-1)18-15-14(10-16-18)19-13-9-5-4-8-12(13)17-15/h1-10,16H. The Hall–Kier alpha value is -2.75. The molecule has 0 radical (unpaired) electrons. The highest BCUT2D eigenvalue weighted by molar-refractivity contribution is 6.12. The Balaban J connectivity index is 1.80. The highest BCUT2D eigenvalue weighted by Crippen LogP contribution is 2.35. The zero-order chi connectivity index (χ0) is 12.7. The van der Waals surface area contributed by atoms with Gasteiger partial charge in [0, 0.05) is 0 Å². The lowest BCUT2D eigenvalue weighted by molar-refractivity contribution is 0.451. The third-order valence-corrected chi connectivity index (χ3v) is 3.08. The van der Waals surface area contributed by atoms with E-state index in [9.17, 15) is 0 Å². The van der Waals surface area contributed by atoms with E-state index >= 15 is 0 Å². The molecule has 0 aromatic heterocycles. The fraction of sp³-hybridized carbons (Fsp3) is 0. The molecule has 2 aromatic rings. The molecule has 0 atom stereocenters. The molecule has 19 heavy (non-hydrogen) atoms. The van der Waals surface area contributed by atoms with E-state index in [1.54, 1.807) is 0 Å². The van der Waals surface area contributed by atoms with Crippen molar-refractivity contribution >= 4 is 17.2 Å². The maximum atomic E-state index is 5.83. The predicted octanol–water partition coefficient (Wildman–Crippen LogP) is 2.98. The molecule has 2 aromatic carbocycles. The Morgan fingerprint density at radius 3 is 2.63 bits per heavy atom. The average molecular weight is 249 g/mol. The number of aliphatic imine (C=N–C) groups is 1. The van der Waals surface area contributed by atoms with Crippen LogP contribution in [0.25, 0.3) is 0 Å². The van der Waals surface area contributed by atoms with Crippen LogP contribution in [-0.2, 0) is 0 Å². The summed E-state index contributed by atoms with van der Waals surface area (Å²) in [6, 6.07) is 17.8. The van der Waals surface area contributed by atoms with Gasteiger partial charge in [0.2, 0.25) is 0 Å². The first-order valence-corrected chi connectivity index (χ1v) is 6.09. The molecule has 2 aliphatic rings. The number of amidine groups is 1. The minimum atomic E-state index is 0.738. The summed E-state index contributed by atoms with van der Waals surface area (Å²) in [4.78, 5) is 4.65. The van der Waals surface area contributed by atoms with Crippen LogP contribution in [-0.4, -0.2) is 5.84 Å². The van der Waals surface area contributed by atoms with Gasteiger partial charge in [-0.3, -0.25) is 5.43 Å². The van der Waals surface area contributed by atoms with Gasteiger partial charge in [0.15, 0.2) is 17.3 Å². The van der Waals surface area contributed by atoms with Crippen molar-refractivity contribution in [2.45, 2.75) is 0 Å². The Labute approximate surface area is 110 Å². The second kappa shape index (κ2) is 3.88. The van der Waals surface area contributed by atoms with Gasteiger partial charge in [-0.15, -0.1) is 0 Å². The lowest BCUT2D eigenvalue weighted by atomic mass is 10.2. The van der Waals surface area contributed by atoms with Crippen molar-refractivity contribution in [1.29, 1.82) is 0 Å². The summed E-state index contributed by atoms with van der Waals surface area (Å²) in [5.74, 6) is 2.31. The predicted molar refractivity (Wildman–Crippen MR) is 74.3 cm³/mol. The first-order chi connectivity index (χ1) is 9.42. The molecule has 92 valence electrons. The van der Waals surface area contributed by atoms with E-state index in [1.807, 2.05) is 65.8 Å². The molecular formula is C15H11N3O. The minimum Gasteiger partial charge on any atom is -0.450 e. The molecule has 0 saturated carbocycles. The number of nitrogens with zero attached hydrogens (tertiary/aromatic N) is 2. The topological polar surface area (TPSA) is 36.9 Å². The van der Waals surface area contributed by atoms with E-state index in [1.165, 1.54) is 0 Å². The summed E-state index contributed by atoms with van der Waals surface area (Å²) >= 11 is 0. The van der Waals surface area contributed by atoms with Crippen LogP contribution >= 0.6 is 0 Å². The lowest BCUT2D eigenvalue weighted by Gasteiger charge is -2.22. The van der Waals surface area contributed by atoms with Crippen LogP contribution in [0.5, 0.6) is 5.75 Å². The van der Waals surface area contributed by atoms with Gasteiger partial charge < -0.3 is 4.74 Å². The van der Waals surface area contributed by atoms with Gasteiger partial charge >= 0.3 is 0 Å². The number of hydrogen-bond donors (Lipinski definition) is 1. The van der Waals surface area contributed by atoms with Crippen LogP contribution in [0.15, 0.2) is 71.5 Å². The summed E-state index contributed by atoms with van der Waals surface area (Å²) in [5.41, 5.74) is 5.04. The van der Waals surface area contributed by atoms with Crippen molar-refractivity contribution in [3.05, 3.63) is 66.6 Å². The second-order valence-electron chi connectivity index (χ2n) is 4.31. The summed E-state index contributed by atoms with van der Waals surface area (Å²) in [6.45, 7) is 0. The van der Waals surface area contributed by atoms with Crippen molar-refractivity contribution in [1.82, 2.24) is 5.43 Å². The molecule has 0 bridgehead atoms. The Morgan fingerprint density at radius 1 is 0.947 bits per heavy atom. The maximum absolute atomic E-state index is 5.83. The zero-order valence-electron chi connectivity index (χ0n) is 10.1. The first-order valence-electron chi connectivity index (χ1n) is 6.09. The third-order valence-electron chi connectivity index (χ3n) is 3.08. The van der Waals surface area contributed by atoms with Crippen LogP contribution in [0.3, 0.4) is 0 Å². The van der Waals surface area contributed by atoms with Crippen LogP contribution in [0, 0.1) is 0 Å². The first kappa shape index (κ1) is 10.2. The zero-order valence-corrected chi connectivity index (χ0v) is 10.1. The lowest BCUT2D eigenvalue weighted by Crippen LogP contribution is -2.36. The normalized spacial score (nSPS) is 15.7. The van der Waals surface area contributed by atoms with Gasteiger partial charge in [-0.05, 0) is 24.3 Å². The molecular weight excluding hydrogens is 238 g/mol. The number of para-hydroxylation sites is 3. The van der Waals surface area contributed by atoms with Gasteiger partial charge in [0.25, 0.3) is 0 Å². The molecule has 2 aliphatic heterocycles. The number of anilines is 1. The van der Waals surface area contributed by atoms with E-state index in [2.05, 4.69) is 10.4 Å². The van der Waals surface area contributed by atoms with E-state index in [-0.39, 0.29) is 0 Å². The van der Waals surface area contributed by atoms with Crippen LogP contribution in [0.4, 0.5) is 11.4 Å². The molecule has 0 amide bonds. The molecule has 0 fully saturated rings. The smallest absolute Gasteiger partial charge is 0.197 e. The van der Waals surface area contributed by atoms with Crippen LogP contribution < -0.4 is 15.2 Å². The van der Waals surface area contributed by atoms with Gasteiger partial charge in [-0.25, -0.2) is 10.0 Å².